The number of halogens is 4. The van der Waals surface area contributed by atoms with Gasteiger partial charge in [-0.15, -0.1) is 0 Å². The van der Waals surface area contributed by atoms with Crippen LogP contribution in [0, 0.1) is 0 Å². The van der Waals surface area contributed by atoms with Crippen molar-refractivity contribution in [2.24, 2.45) is 0 Å². The number of hydrogen-bond donors (Lipinski definition) is 1. The van der Waals surface area contributed by atoms with Gasteiger partial charge in [0, 0.05) is 22.8 Å². The number of benzene rings is 1. The summed E-state index contributed by atoms with van der Waals surface area (Å²) in [5.74, 6) is -0.354. The Balaban J connectivity index is 2.37. The monoisotopic (exact) mass is 359 g/mol. The molecule has 2 nitrogen and oxygen atoms in total. The molecule has 6 heteroatoms. The van der Waals surface area contributed by atoms with Gasteiger partial charge in [-0.1, -0.05) is 22.9 Å². The Morgan fingerprint density at radius 1 is 1.14 bits per heavy atom. The van der Waals surface area contributed by atoms with Crippen molar-refractivity contribution >= 4 is 15.9 Å². The van der Waals surface area contributed by atoms with E-state index in [0.29, 0.717) is 4.47 Å². The lowest BCUT2D eigenvalue weighted by molar-refractivity contribution is -0.137. The number of pyridine rings is 1. The van der Waals surface area contributed by atoms with Crippen molar-refractivity contribution in [2.75, 3.05) is 0 Å². The smallest absolute Gasteiger partial charge is 0.388 e. The molecule has 1 N–H and O–H groups in total. The van der Waals surface area contributed by atoms with Gasteiger partial charge in [0.05, 0.1) is 11.7 Å². The summed E-state index contributed by atoms with van der Waals surface area (Å²) in [5.41, 5.74) is 0.248. The molecule has 0 aliphatic carbocycles. The van der Waals surface area contributed by atoms with Crippen molar-refractivity contribution in [3.63, 3.8) is 0 Å². The average Bonchev–Trinajstić information content (AvgIpc) is 2.46. The third kappa shape index (κ3) is 3.63. The predicted molar refractivity (Wildman–Crippen MR) is 76.8 cm³/mol. The minimum absolute atomic E-state index is 0.217. The summed E-state index contributed by atoms with van der Waals surface area (Å²) in [4.78, 5) is 3.88. The van der Waals surface area contributed by atoms with Crippen molar-refractivity contribution in [3.05, 3.63) is 63.9 Å². The van der Waals surface area contributed by atoms with E-state index in [-0.39, 0.29) is 11.5 Å². The van der Waals surface area contributed by atoms with Crippen LogP contribution in [0.3, 0.4) is 0 Å². The minimum Gasteiger partial charge on any atom is -0.388 e. The summed E-state index contributed by atoms with van der Waals surface area (Å²) < 4.78 is 38.8. The average molecular weight is 360 g/mol. The summed E-state index contributed by atoms with van der Waals surface area (Å²) in [6, 6.07) is 6.73. The maximum atomic E-state index is 12.8. The molecule has 0 saturated carbocycles. The lowest BCUT2D eigenvalue weighted by Crippen LogP contribution is -2.11. The molecular weight excluding hydrogens is 347 g/mol. The second kappa shape index (κ2) is 6.15. The van der Waals surface area contributed by atoms with E-state index in [4.69, 9.17) is 0 Å². The zero-order valence-electron chi connectivity index (χ0n) is 11.1. The fourth-order valence-corrected chi connectivity index (χ4v) is 2.55. The van der Waals surface area contributed by atoms with E-state index in [9.17, 15) is 18.3 Å². The summed E-state index contributed by atoms with van der Waals surface area (Å²) in [5, 5.41) is 10.4. The van der Waals surface area contributed by atoms with Crippen LogP contribution < -0.4 is 0 Å². The molecule has 0 bridgehead atoms. The second-order valence-electron chi connectivity index (χ2n) is 4.75. The maximum absolute atomic E-state index is 12.8. The van der Waals surface area contributed by atoms with Crippen LogP contribution in [0.5, 0.6) is 0 Å². The Morgan fingerprint density at radius 2 is 1.76 bits per heavy atom. The molecule has 1 aromatic heterocycles. The number of aliphatic hydroxyl groups is 1. The topological polar surface area (TPSA) is 33.1 Å². The molecule has 0 aliphatic rings. The normalized spacial score (nSPS) is 14.8. The molecule has 0 amide bonds. The number of aromatic nitrogens is 1. The summed E-state index contributed by atoms with van der Waals surface area (Å²) in [6.07, 6.45) is -2.32. The van der Waals surface area contributed by atoms with Crippen molar-refractivity contribution in [1.29, 1.82) is 0 Å². The van der Waals surface area contributed by atoms with Gasteiger partial charge in [-0.2, -0.15) is 13.2 Å². The number of aliphatic hydroxyl groups excluding tert-OH is 1. The van der Waals surface area contributed by atoms with Gasteiger partial charge in [0.2, 0.25) is 0 Å². The predicted octanol–water partition coefficient (Wildman–Crippen LogP) is 4.70. The lowest BCUT2D eigenvalue weighted by Gasteiger charge is -2.21. The van der Waals surface area contributed by atoms with Crippen LogP contribution in [-0.4, -0.2) is 10.1 Å². The van der Waals surface area contributed by atoms with Gasteiger partial charge < -0.3 is 5.11 Å². The first kappa shape index (κ1) is 16.0. The van der Waals surface area contributed by atoms with Gasteiger partial charge in [0.25, 0.3) is 0 Å². The summed E-state index contributed by atoms with van der Waals surface area (Å²) >= 11 is 3.20. The fraction of sp³-hybridized carbons (Fsp3) is 0.267. The molecule has 2 aromatic rings. The van der Waals surface area contributed by atoms with Gasteiger partial charge in [0.15, 0.2) is 0 Å². The molecular formula is C15H13BrF3NO. The maximum Gasteiger partial charge on any atom is 0.416 e. The first-order valence-corrected chi connectivity index (χ1v) is 7.04. The molecule has 2 atom stereocenters. The van der Waals surface area contributed by atoms with E-state index in [1.807, 2.05) is 0 Å². The standard InChI is InChI=1S/C15H13BrF3NO/c1-9(10-4-6-20-7-5-10)14(21)12-8-11(15(17,18)19)2-3-13(12)16/h2-9,14,21H,1H3. The first-order valence-electron chi connectivity index (χ1n) is 6.25. The van der Waals surface area contributed by atoms with E-state index in [1.54, 1.807) is 31.5 Å². The van der Waals surface area contributed by atoms with E-state index in [0.717, 1.165) is 17.7 Å². The van der Waals surface area contributed by atoms with E-state index >= 15 is 0 Å². The van der Waals surface area contributed by atoms with E-state index < -0.39 is 17.8 Å². The van der Waals surface area contributed by atoms with Crippen LogP contribution in [0.15, 0.2) is 47.2 Å². The molecule has 0 aliphatic heterocycles. The number of alkyl halides is 3. The highest BCUT2D eigenvalue weighted by atomic mass is 79.9. The highest BCUT2D eigenvalue weighted by Crippen LogP contribution is 2.38. The quantitative estimate of drug-likeness (QED) is 0.861. The van der Waals surface area contributed by atoms with Crippen molar-refractivity contribution in [3.8, 4) is 0 Å². The zero-order chi connectivity index (χ0) is 15.6. The molecule has 1 aromatic carbocycles. The molecule has 1 heterocycles. The Hall–Kier alpha value is -1.40. The molecule has 2 rings (SSSR count). The van der Waals surface area contributed by atoms with Crippen molar-refractivity contribution in [1.82, 2.24) is 4.98 Å². The number of hydrogen-bond acceptors (Lipinski definition) is 2. The molecule has 0 fully saturated rings. The Labute approximate surface area is 128 Å². The number of rotatable bonds is 3. The summed E-state index contributed by atoms with van der Waals surface area (Å²) in [6.45, 7) is 1.76. The van der Waals surface area contributed by atoms with E-state index in [1.165, 1.54) is 6.07 Å². The van der Waals surface area contributed by atoms with Crippen LogP contribution in [0.25, 0.3) is 0 Å². The highest BCUT2D eigenvalue weighted by molar-refractivity contribution is 9.10. The summed E-state index contributed by atoms with van der Waals surface area (Å²) in [7, 11) is 0. The third-order valence-corrected chi connectivity index (χ3v) is 4.07. The SMILES string of the molecule is CC(c1ccncc1)C(O)c1cc(C(F)(F)F)ccc1Br. The van der Waals surface area contributed by atoms with Gasteiger partial charge in [-0.25, -0.2) is 0 Å². The zero-order valence-corrected chi connectivity index (χ0v) is 12.7. The Kier molecular flexibility index (Phi) is 4.68. The largest absolute Gasteiger partial charge is 0.416 e. The highest BCUT2D eigenvalue weighted by Gasteiger charge is 2.32. The molecule has 21 heavy (non-hydrogen) atoms. The van der Waals surface area contributed by atoms with Gasteiger partial charge in [-0.05, 0) is 41.5 Å². The molecule has 0 saturated heterocycles. The third-order valence-electron chi connectivity index (χ3n) is 3.35. The van der Waals surface area contributed by atoms with Crippen LogP contribution in [0.2, 0.25) is 0 Å². The van der Waals surface area contributed by atoms with Crippen LogP contribution >= 0.6 is 15.9 Å². The van der Waals surface area contributed by atoms with Gasteiger partial charge in [0.1, 0.15) is 0 Å². The van der Waals surface area contributed by atoms with Crippen LogP contribution in [0.1, 0.15) is 35.6 Å². The molecule has 0 radical (unpaired) electrons. The lowest BCUT2D eigenvalue weighted by atomic mass is 9.90. The molecule has 0 spiro atoms. The van der Waals surface area contributed by atoms with E-state index in [2.05, 4.69) is 20.9 Å². The van der Waals surface area contributed by atoms with Crippen LogP contribution in [0.4, 0.5) is 13.2 Å². The minimum atomic E-state index is -4.44. The number of nitrogens with zero attached hydrogens (tertiary/aromatic N) is 1. The Bertz CT molecular complexity index is 616. The first-order chi connectivity index (χ1) is 9.80. The van der Waals surface area contributed by atoms with Crippen molar-refractivity contribution in [2.45, 2.75) is 25.1 Å². The molecule has 112 valence electrons. The van der Waals surface area contributed by atoms with Gasteiger partial charge >= 0.3 is 6.18 Å². The van der Waals surface area contributed by atoms with Crippen molar-refractivity contribution < 1.29 is 18.3 Å². The van der Waals surface area contributed by atoms with Crippen LogP contribution in [-0.2, 0) is 6.18 Å². The molecule has 2 unspecified atom stereocenters. The second-order valence-corrected chi connectivity index (χ2v) is 5.60. The Morgan fingerprint density at radius 3 is 2.33 bits per heavy atom. The van der Waals surface area contributed by atoms with Gasteiger partial charge in [-0.3, -0.25) is 4.98 Å². The fourth-order valence-electron chi connectivity index (χ4n) is 2.07.